The largest absolute Gasteiger partial charge is 0.496 e. The lowest BCUT2D eigenvalue weighted by molar-refractivity contribution is 0.405. The molecule has 0 aromatic heterocycles. The third kappa shape index (κ3) is 2.06. The fourth-order valence-corrected chi connectivity index (χ4v) is 2.36. The standard InChI is InChI=1S/C13H20N2O/c1-9-12-7-13(16-3)11(8-14-2)6-10(12)4-5-15-9/h6-7,9,14-15H,4-5,8H2,1-3H3. The van der Waals surface area contributed by atoms with E-state index in [0.29, 0.717) is 6.04 Å². The Hall–Kier alpha value is -1.06. The maximum absolute atomic E-state index is 5.44. The van der Waals surface area contributed by atoms with Crippen molar-refractivity contribution >= 4 is 0 Å². The molecule has 0 radical (unpaired) electrons. The summed E-state index contributed by atoms with van der Waals surface area (Å²) in [5.74, 6) is 0.989. The topological polar surface area (TPSA) is 33.3 Å². The molecule has 0 saturated carbocycles. The van der Waals surface area contributed by atoms with Crippen molar-refractivity contribution in [2.24, 2.45) is 0 Å². The third-order valence-electron chi connectivity index (χ3n) is 3.22. The highest BCUT2D eigenvalue weighted by molar-refractivity contribution is 5.45. The summed E-state index contributed by atoms with van der Waals surface area (Å²) in [6, 6.07) is 4.89. The van der Waals surface area contributed by atoms with Crippen LogP contribution in [0.15, 0.2) is 12.1 Å². The Labute approximate surface area is 97.2 Å². The average molecular weight is 220 g/mol. The van der Waals surface area contributed by atoms with E-state index in [4.69, 9.17) is 4.74 Å². The fourth-order valence-electron chi connectivity index (χ4n) is 2.36. The van der Waals surface area contributed by atoms with Gasteiger partial charge in [0.15, 0.2) is 0 Å². The molecule has 1 aliphatic rings. The summed E-state index contributed by atoms with van der Waals surface area (Å²) >= 11 is 0. The number of rotatable bonds is 3. The van der Waals surface area contributed by atoms with Gasteiger partial charge in [0.25, 0.3) is 0 Å². The summed E-state index contributed by atoms with van der Waals surface area (Å²) in [6.07, 6.45) is 1.11. The Morgan fingerprint density at radius 3 is 3.00 bits per heavy atom. The normalized spacial score (nSPS) is 19.3. The predicted octanol–water partition coefficient (Wildman–Crippen LogP) is 1.62. The molecule has 1 aromatic rings. The van der Waals surface area contributed by atoms with Crippen LogP contribution in [-0.4, -0.2) is 20.7 Å². The van der Waals surface area contributed by atoms with Crippen molar-refractivity contribution < 1.29 is 4.74 Å². The Morgan fingerprint density at radius 2 is 2.31 bits per heavy atom. The van der Waals surface area contributed by atoms with Crippen molar-refractivity contribution in [2.75, 3.05) is 20.7 Å². The van der Waals surface area contributed by atoms with Crippen LogP contribution in [0.25, 0.3) is 0 Å². The van der Waals surface area contributed by atoms with E-state index in [1.807, 2.05) is 7.05 Å². The van der Waals surface area contributed by atoms with Gasteiger partial charge in [0, 0.05) is 18.2 Å². The quantitative estimate of drug-likeness (QED) is 0.812. The first-order valence-electron chi connectivity index (χ1n) is 5.84. The lowest BCUT2D eigenvalue weighted by atomic mass is 9.93. The van der Waals surface area contributed by atoms with Crippen LogP contribution in [0.3, 0.4) is 0 Å². The van der Waals surface area contributed by atoms with Crippen molar-refractivity contribution in [3.8, 4) is 5.75 Å². The summed E-state index contributed by atoms with van der Waals surface area (Å²) in [5.41, 5.74) is 4.08. The first-order chi connectivity index (χ1) is 7.76. The second kappa shape index (κ2) is 4.85. The Balaban J connectivity index is 2.42. The molecule has 2 N–H and O–H groups in total. The molecule has 0 amide bonds. The molecular weight excluding hydrogens is 200 g/mol. The van der Waals surface area contributed by atoms with Crippen molar-refractivity contribution in [1.29, 1.82) is 0 Å². The minimum Gasteiger partial charge on any atom is -0.496 e. The summed E-state index contributed by atoms with van der Waals surface area (Å²) < 4.78 is 5.44. The first kappa shape index (κ1) is 11.4. The highest BCUT2D eigenvalue weighted by Crippen LogP contribution is 2.30. The van der Waals surface area contributed by atoms with Crippen LogP contribution in [-0.2, 0) is 13.0 Å². The molecule has 1 unspecified atom stereocenters. The maximum Gasteiger partial charge on any atom is 0.123 e. The minimum atomic E-state index is 0.432. The molecule has 3 nitrogen and oxygen atoms in total. The monoisotopic (exact) mass is 220 g/mol. The first-order valence-corrected chi connectivity index (χ1v) is 5.84. The molecule has 88 valence electrons. The van der Waals surface area contributed by atoms with Gasteiger partial charge < -0.3 is 15.4 Å². The lowest BCUT2D eigenvalue weighted by Gasteiger charge is -2.25. The number of benzene rings is 1. The van der Waals surface area contributed by atoms with Crippen molar-refractivity contribution in [1.82, 2.24) is 10.6 Å². The van der Waals surface area contributed by atoms with Gasteiger partial charge >= 0.3 is 0 Å². The molecule has 3 heteroatoms. The minimum absolute atomic E-state index is 0.432. The Kier molecular flexibility index (Phi) is 3.46. The maximum atomic E-state index is 5.44. The second-order valence-corrected chi connectivity index (χ2v) is 4.32. The summed E-state index contributed by atoms with van der Waals surface area (Å²) in [7, 11) is 3.70. The lowest BCUT2D eigenvalue weighted by Crippen LogP contribution is -2.28. The van der Waals surface area contributed by atoms with Crippen LogP contribution in [0, 0.1) is 0 Å². The summed E-state index contributed by atoms with van der Waals surface area (Å²) in [6.45, 7) is 4.13. The second-order valence-electron chi connectivity index (χ2n) is 4.32. The molecule has 1 aromatic carbocycles. The summed E-state index contributed by atoms with van der Waals surface area (Å²) in [4.78, 5) is 0. The van der Waals surface area contributed by atoms with Crippen LogP contribution >= 0.6 is 0 Å². The highest BCUT2D eigenvalue weighted by atomic mass is 16.5. The molecule has 1 aliphatic heterocycles. The van der Waals surface area contributed by atoms with Crippen LogP contribution in [0.5, 0.6) is 5.75 Å². The Bertz CT molecular complexity index is 376. The van der Waals surface area contributed by atoms with E-state index < -0.39 is 0 Å². The van der Waals surface area contributed by atoms with Gasteiger partial charge in [0.2, 0.25) is 0 Å². The van der Waals surface area contributed by atoms with Gasteiger partial charge in [-0.1, -0.05) is 6.07 Å². The van der Waals surface area contributed by atoms with Crippen molar-refractivity contribution in [3.63, 3.8) is 0 Å². The molecule has 1 heterocycles. The van der Waals surface area contributed by atoms with Gasteiger partial charge in [-0.05, 0) is 44.1 Å². The number of methoxy groups -OCH3 is 1. The van der Waals surface area contributed by atoms with E-state index >= 15 is 0 Å². The molecule has 0 fully saturated rings. The van der Waals surface area contributed by atoms with Crippen LogP contribution in [0.4, 0.5) is 0 Å². The van der Waals surface area contributed by atoms with Crippen LogP contribution in [0.1, 0.15) is 29.7 Å². The molecule has 2 rings (SSSR count). The van der Waals surface area contributed by atoms with Gasteiger partial charge in [-0.3, -0.25) is 0 Å². The number of hydrogen-bond acceptors (Lipinski definition) is 3. The van der Waals surface area contributed by atoms with Gasteiger partial charge in [-0.2, -0.15) is 0 Å². The SMILES string of the molecule is CNCc1cc2c(cc1OC)C(C)NCC2. The van der Waals surface area contributed by atoms with Crippen LogP contribution < -0.4 is 15.4 Å². The number of nitrogens with one attached hydrogen (secondary N) is 2. The van der Waals surface area contributed by atoms with Gasteiger partial charge in [0.05, 0.1) is 7.11 Å². The zero-order valence-corrected chi connectivity index (χ0v) is 10.3. The molecule has 0 aliphatic carbocycles. The molecular formula is C13H20N2O. The fraction of sp³-hybridized carbons (Fsp3) is 0.538. The number of fused-ring (bicyclic) bond motifs is 1. The summed E-state index contributed by atoms with van der Waals surface area (Å²) in [5, 5.41) is 6.65. The number of ether oxygens (including phenoxy) is 1. The van der Waals surface area contributed by atoms with Crippen LogP contribution in [0.2, 0.25) is 0 Å². The molecule has 0 spiro atoms. The van der Waals surface area contributed by atoms with E-state index in [1.165, 1.54) is 16.7 Å². The molecule has 16 heavy (non-hydrogen) atoms. The Morgan fingerprint density at radius 1 is 1.50 bits per heavy atom. The van der Waals surface area contributed by atoms with Gasteiger partial charge in [-0.25, -0.2) is 0 Å². The third-order valence-corrected chi connectivity index (χ3v) is 3.22. The molecule has 0 saturated heterocycles. The zero-order valence-electron chi connectivity index (χ0n) is 10.3. The average Bonchev–Trinajstić information content (AvgIpc) is 2.29. The van der Waals surface area contributed by atoms with E-state index in [2.05, 4.69) is 29.7 Å². The van der Waals surface area contributed by atoms with E-state index in [-0.39, 0.29) is 0 Å². The van der Waals surface area contributed by atoms with E-state index in [0.717, 1.165) is 25.3 Å². The van der Waals surface area contributed by atoms with Crippen molar-refractivity contribution in [3.05, 3.63) is 28.8 Å². The highest BCUT2D eigenvalue weighted by Gasteiger charge is 2.18. The van der Waals surface area contributed by atoms with E-state index in [1.54, 1.807) is 7.11 Å². The predicted molar refractivity (Wildman–Crippen MR) is 65.9 cm³/mol. The molecule has 1 atom stereocenters. The van der Waals surface area contributed by atoms with Crippen molar-refractivity contribution in [2.45, 2.75) is 25.9 Å². The van der Waals surface area contributed by atoms with Gasteiger partial charge in [0.1, 0.15) is 5.75 Å². The van der Waals surface area contributed by atoms with E-state index in [9.17, 15) is 0 Å². The molecule has 0 bridgehead atoms. The zero-order chi connectivity index (χ0) is 11.5. The number of hydrogen-bond donors (Lipinski definition) is 2. The smallest absolute Gasteiger partial charge is 0.123 e. The van der Waals surface area contributed by atoms with Gasteiger partial charge in [-0.15, -0.1) is 0 Å².